The molecule has 0 amide bonds. The Kier molecular flexibility index (Phi) is 4.87. The molecular weight excluding hydrogens is 249 g/mol. The highest BCUT2D eigenvalue weighted by atomic mass is 32.1. The summed E-state index contributed by atoms with van der Waals surface area (Å²) in [5.74, 6) is -0.188. The van der Waals surface area contributed by atoms with Crippen LogP contribution in [0.1, 0.15) is 10.4 Å². The summed E-state index contributed by atoms with van der Waals surface area (Å²) in [6.45, 7) is 1.89. The van der Waals surface area contributed by atoms with Crippen molar-refractivity contribution < 1.29 is 9.50 Å². The van der Waals surface area contributed by atoms with Gasteiger partial charge in [-0.3, -0.25) is 4.90 Å². The van der Waals surface area contributed by atoms with Gasteiger partial charge in [0.15, 0.2) is 0 Å². The Labute approximate surface area is 110 Å². The normalized spacial score (nSPS) is 11.1. The zero-order valence-corrected chi connectivity index (χ0v) is 10.9. The molecule has 96 valence electrons. The molecule has 0 aliphatic heterocycles. The van der Waals surface area contributed by atoms with Gasteiger partial charge < -0.3 is 5.11 Å². The van der Waals surface area contributed by atoms with Gasteiger partial charge in [0.25, 0.3) is 0 Å². The van der Waals surface area contributed by atoms with Crippen molar-refractivity contribution >= 4 is 11.3 Å². The van der Waals surface area contributed by atoms with Crippen LogP contribution in [0.4, 0.5) is 4.39 Å². The molecule has 2 aromatic rings. The lowest BCUT2D eigenvalue weighted by Gasteiger charge is -2.20. The third-order valence-corrected chi connectivity index (χ3v) is 3.59. The van der Waals surface area contributed by atoms with Crippen molar-refractivity contribution in [1.29, 1.82) is 0 Å². The van der Waals surface area contributed by atoms with Crippen molar-refractivity contribution in [3.05, 3.63) is 58.0 Å². The molecule has 0 fully saturated rings. The molecule has 2 rings (SSSR count). The van der Waals surface area contributed by atoms with Gasteiger partial charge in [0.2, 0.25) is 0 Å². The fourth-order valence-corrected chi connectivity index (χ4v) is 2.59. The van der Waals surface area contributed by atoms with Gasteiger partial charge in [-0.2, -0.15) is 0 Å². The van der Waals surface area contributed by atoms with Crippen molar-refractivity contribution in [3.63, 3.8) is 0 Å². The summed E-state index contributed by atoms with van der Waals surface area (Å²) in [5, 5.41) is 11.1. The van der Waals surface area contributed by atoms with Crippen molar-refractivity contribution in [3.8, 4) is 0 Å². The number of hydrogen-bond donors (Lipinski definition) is 1. The van der Waals surface area contributed by atoms with E-state index in [9.17, 15) is 4.39 Å². The molecular formula is C14H16FNOS. The number of aliphatic hydroxyl groups excluding tert-OH is 1. The first-order valence-corrected chi connectivity index (χ1v) is 6.76. The number of thiophene rings is 1. The third kappa shape index (κ3) is 3.63. The van der Waals surface area contributed by atoms with E-state index >= 15 is 0 Å². The lowest BCUT2D eigenvalue weighted by molar-refractivity contribution is 0.184. The zero-order chi connectivity index (χ0) is 12.8. The van der Waals surface area contributed by atoms with Gasteiger partial charge in [0, 0.05) is 30.1 Å². The van der Waals surface area contributed by atoms with E-state index in [0.29, 0.717) is 18.7 Å². The molecule has 18 heavy (non-hydrogen) atoms. The smallest absolute Gasteiger partial charge is 0.127 e. The summed E-state index contributed by atoms with van der Waals surface area (Å²) in [6, 6.07) is 10.8. The lowest BCUT2D eigenvalue weighted by atomic mass is 10.2. The molecule has 0 bridgehead atoms. The van der Waals surface area contributed by atoms with E-state index in [4.69, 9.17) is 5.11 Å². The van der Waals surface area contributed by atoms with Crippen LogP contribution < -0.4 is 0 Å². The van der Waals surface area contributed by atoms with Crippen LogP contribution in [-0.4, -0.2) is 23.2 Å². The maximum absolute atomic E-state index is 13.6. The van der Waals surface area contributed by atoms with Gasteiger partial charge in [0.1, 0.15) is 5.82 Å². The fraction of sp³-hybridized carbons (Fsp3) is 0.286. The molecule has 1 N–H and O–H groups in total. The molecule has 0 spiro atoms. The van der Waals surface area contributed by atoms with Gasteiger partial charge >= 0.3 is 0 Å². The molecule has 1 heterocycles. The Hall–Kier alpha value is -1.23. The Morgan fingerprint density at radius 2 is 1.94 bits per heavy atom. The minimum absolute atomic E-state index is 0.0832. The van der Waals surface area contributed by atoms with Crippen molar-refractivity contribution in [2.45, 2.75) is 13.1 Å². The molecule has 0 aliphatic carbocycles. The second-order valence-electron chi connectivity index (χ2n) is 4.11. The first kappa shape index (κ1) is 13.2. The number of halogens is 1. The highest BCUT2D eigenvalue weighted by Gasteiger charge is 2.09. The van der Waals surface area contributed by atoms with E-state index < -0.39 is 0 Å². The number of rotatable bonds is 6. The minimum atomic E-state index is -0.188. The van der Waals surface area contributed by atoms with Crippen molar-refractivity contribution in [2.24, 2.45) is 0 Å². The van der Waals surface area contributed by atoms with Crippen LogP contribution in [0.5, 0.6) is 0 Å². The minimum Gasteiger partial charge on any atom is -0.395 e. The van der Waals surface area contributed by atoms with Crippen LogP contribution in [-0.2, 0) is 13.1 Å². The molecule has 4 heteroatoms. The van der Waals surface area contributed by atoms with Gasteiger partial charge in [-0.1, -0.05) is 24.3 Å². The van der Waals surface area contributed by atoms with E-state index in [1.165, 1.54) is 10.9 Å². The largest absolute Gasteiger partial charge is 0.395 e. The van der Waals surface area contributed by atoms with Crippen LogP contribution in [0.25, 0.3) is 0 Å². The Balaban J connectivity index is 2.04. The maximum atomic E-state index is 13.6. The molecule has 0 unspecified atom stereocenters. The Morgan fingerprint density at radius 1 is 1.11 bits per heavy atom. The molecule has 0 saturated carbocycles. The highest BCUT2D eigenvalue weighted by Crippen LogP contribution is 2.15. The summed E-state index contributed by atoms with van der Waals surface area (Å²) < 4.78 is 13.6. The first-order chi connectivity index (χ1) is 8.79. The molecule has 0 atom stereocenters. The average Bonchev–Trinajstić information content (AvgIpc) is 2.85. The monoisotopic (exact) mass is 265 g/mol. The van der Waals surface area contributed by atoms with Crippen LogP contribution in [0.2, 0.25) is 0 Å². The second kappa shape index (κ2) is 6.64. The number of nitrogens with zero attached hydrogens (tertiary/aromatic N) is 1. The second-order valence-corrected chi connectivity index (χ2v) is 5.14. The molecule has 0 aliphatic rings. The Bertz CT molecular complexity index is 472. The molecule has 0 radical (unpaired) electrons. The summed E-state index contributed by atoms with van der Waals surface area (Å²) in [5.41, 5.74) is 0.669. The topological polar surface area (TPSA) is 23.5 Å². The SMILES string of the molecule is OCCN(Cc1cccs1)Cc1ccccc1F. The lowest BCUT2D eigenvalue weighted by Crippen LogP contribution is -2.26. The van der Waals surface area contributed by atoms with E-state index in [0.717, 1.165) is 6.54 Å². The van der Waals surface area contributed by atoms with Crippen LogP contribution in [0.15, 0.2) is 41.8 Å². The number of hydrogen-bond acceptors (Lipinski definition) is 3. The van der Waals surface area contributed by atoms with Crippen LogP contribution >= 0.6 is 11.3 Å². The van der Waals surface area contributed by atoms with Gasteiger partial charge in [-0.05, 0) is 17.5 Å². The Morgan fingerprint density at radius 3 is 2.61 bits per heavy atom. The van der Waals surface area contributed by atoms with E-state index in [2.05, 4.69) is 6.07 Å². The van der Waals surface area contributed by atoms with Crippen molar-refractivity contribution in [1.82, 2.24) is 4.90 Å². The maximum Gasteiger partial charge on any atom is 0.127 e. The van der Waals surface area contributed by atoms with Crippen LogP contribution in [0, 0.1) is 5.82 Å². The van der Waals surface area contributed by atoms with Gasteiger partial charge in [0.05, 0.1) is 6.61 Å². The molecule has 2 nitrogen and oxygen atoms in total. The van der Waals surface area contributed by atoms with E-state index in [1.807, 2.05) is 22.4 Å². The van der Waals surface area contributed by atoms with Gasteiger partial charge in [-0.15, -0.1) is 11.3 Å². The van der Waals surface area contributed by atoms with E-state index in [1.54, 1.807) is 23.5 Å². The fourth-order valence-electron chi connectivity index (χ4n) is 1.85. The molecule has 1 aromatic carbocycles. The highest BCUT2D eigenvalue weighted by molar-refractivity contribution is 7.09. The summed E-state index contributed by atoms with van der Waals surface area (Å²) in [7, 11) is 0. The van der Waals surface area contributed by atoms with Gasteiger partial charge in [-0.25, -0.2) is 4.39 Å². The van der Waals surface area contributed by atoms with Crippen LogP contribution in [0.3, 0.4) is 0 Å². The van der Waals surface area contributed by atoms with E-state index in [-0.39, 0.29) is 12.4 Å². The molecule has 1 aromatic heterocycles. The summed E-state index contributed by atoms with van der Waals surface area (Å²) >= 11 is 1.67. The average molecular weight is 265 g/mol. The standard InChI is InChI=1S/C14H16FNOS/c15-14-6-2-1-4-12(14)10-16(7-8-17)11-13-5-3-9-18-13/h1-6,9,17H,7-8,10-11H2. The predicted molar refractivity (Wildman–Crippen MR) is 71.9 cm³/mol. The quantitative estimate of drug-likeness (QED) is 0.868. The van der Waals surface area contributed by atoms with Crippen molar-refractivity contribution in [2.75, 3.05) is 13.2 Å². The first-order valence-electron chi connectivity index (χ1n) is 5.88. The predicted octanol–water partition coefficient (Wildman–Crippen LogP) is 2.88. The number of aliphatic hydroxyl groups is 1. The summed E-state index contributed by atoms with van der Waals surface area (Å²) in [4.78, 5) is 3.27. The molecule has 0 saturated heterocycles. The summed E-state index contributed by atoms with van der Waals surface area (Å²) in [6.07, 6.45) is 0. The number of benzene rings is 1. The zero-order valence-electron chi connectivity index (χ0n) is 10.1. The third-order valence-electron chi connectivity index (χ3n) is 2.73.